The highest BCUT2D eigenvalue weighted by Gasteiger charge is 2.33. The Hall–Kier alpha value is -1.89. The summed E-state index contributed by atoms with van der Waals surface area (Å²) in [7, 11) is -3.04. The van der Waals surface area contributed by atoms with Crippen molar-refractivity contribution in [1.82, 2.24) is 4.90 Å². The van der Waals surface area contributed by atoms with Gasteiger partial charge in [0.05, 0.1) is 11.5 Å². The molecule has 1 atom stereocenters. The van der Waals surface area contributed by atoms with E-state index >= 15 is 0 Å². The number of hydrogen-bond acceptors (Lipinski definition) is 4. The van der Waals surface area contributed by atoms with E-state index < -0.39 is 9.84 Å². The molecule has 1 heterocycles. The Balaban J connectivity index is 2.05. The van der Waals surface area contributed by atoms with Crippen LogP contribution in [0, 0.1) is 6.92 Å². The van der Waals surface area contributed by atoms with E-state index in [4.69, 9.17) is 0 Å². The minimum atomic E-state index is -3.04. The van der Waals surface area contributed by atoms with Gasteiger partial charge in [0, 0.05) is 38.2 Å². The van der Waals surface area contributed by atoms with Gasteiger partial charge in [-0.3, -0.25) is 9.59 Å². The smallest absolute Gasteiger partial charge is 0.224 e. The molecule has 0 aliphatic carbocycles. The summed E-state index contributed by atoms with van der Waals surface area (Å²) in [5.74, 6) is -0.0385. The number of sulfone groups is 1. The van der Waals surface area contributed by atoms with Crippen molar-refractivity contribution in [3.05, 3.63) is 29.8 Å². The molecule has 1 fully saturated rings. The zero-order valence-corrected chi connectivity index (χ0v) is 15.9. The first kappa shape index (κ1) is 19.4. The van der Waals surface area contributed by atoms with Gasteiger partial charge in [-0.2, -0.15) is 0 Å². The average Bonchev–Trinajstić information content (AvgIpc) is 2.89. The van der Waals surface area contributed by atoms with Crippen molar-refractivity contribution in [2.24, 2.45) is 0 Å². The summed E-state index contributed by atoms with van der Waals surface area (Å²) in [5, 5.41) is 0. The summed E-state index contributed by atoms with van der Waals surface area (Å²) in [6.45, 7) is 6.03. The van der Waals surface area contributed by atoms with Crippen molar-refractivity contribution in [3.63, 3.8) is 0 Å². The first-order valence-corrected chi connectivity index (χ1v) is 10.4. The molecule has 1 aliphatic heterocycles. The fourth-order valence-corrected chi connectivity index (χ4v) is 5.05. The van der Waals surface area contributed by atoms with Crippen LogP contribution in [0.5, 0.6) is 0 Å². The molecule has 138 valence electrons. The fourth-order valence-electron chi connectivity index (χ4n) is 3.32. The van der Waals surface area contributed by atoms with Gasteiger partial charge in [-0.05, 0) is 31.9 Å². The normalized spacial score (nSPS) is 18.8. The quantitative estimate of drug-likeness (QED) is 0.769. The van der Waals surface area contributed by atoms with Crippen molar-refractivity contribution in [3.8, 4) is 0 Å². The predicted octanol–water partition coefficient (Wildman–Crippen LogP) is 1.77. The van der Waals surface area contributed by atoms with Crippen LogP contribution in [-0.4, -0.2) is 55.8 Å². The minimum absolute atomic E-state index is 0.0425. The van der Waals surface area contributed by atoms with E-state index in [9.17, 15) is 18.0 Å². The lowest BCUT2D eigenvalue weighted by molar-refractivity contribution is -0.132. The fraction of sp³-hybridized carbons (Fsp3) is 0.556. The molecule has 0 aromatic heterocycles. The van der Waals surface area contributed by atoms with E-state index in [0.717, 1.165) is 11.3 Å². The van der Waals surface area contributed by atoms with E-state index in [2.05, 4.69) is 0 Å². The Bertz CT molecular complexity index is 745. The molecule has 1 aromatic rings. The molecule has 0 radical (unpaired) electrons. The molecular formula is C18H26N2O4S. The monoisotopic (exact) mass is 366 g/mol. The third-order valence-electron chi connectivity index (χ3n) is 4.65. The molecule has 2 amide bonds. The Kier molecular flexibility index (Phi) is 6.21. The number of carbonyl (C=O) groups is 2. The topological polar surface area (TPSA) is 74.8 Å². The summed E-state index contributed by atoms with van der Waals surface area (Å²) in [4.78, 5) is 27.9. The molecule has 0 saturated carbocycles. The third-order valence-corrected chi connectivity index (χ3v) is 6.40. The molecule has 2 rings (SSSR count). The number of benzene rings is 1. The number of carbonyl (C=O) groups excluding carboxylic acids is 2. The van der Waals surface area contributed by atoms with Crippen molar-refractivity contribution in [2.45, 2.75) is 39.7 Å². The van der Waals surface area contributed by atoms with Gasteiger partial charge < -0.3 is 9.80 Å². The van der Waals surface area contributed by atoms with Crippen LogP contribution < -0.4 is 4.90 Å². The zero-order chi connectivity index (χ0) is 18.6. The number of hydrogen-bond donors (Lipinski definition) is 0. The maximum Gasteiger partial charge on any atom is 0.224 e. The Morgan fingerprint density at radius 2 is 1.92 bits per heavy atom. The highest BCUT2D eigenvalue weighted by atomic mass is 32.2. The van der Waals surface area contributed by atoms with Crippen molar-refractivity contribution in [2.75, 3.05) is 29.5 Å². The first-order valence-electron chi connectivity index (χ1n) is 8.58. The lowest BCUT2D eigenvalue weighted by Crippen LogP contribution is -2.42. The second-order valence-electron chi connectivity index (χ2n) is 6.44. The molecule has 1 unspecified atom stereocenters. The molecule has 0 spiro atoms. The van der Waals surface area contributed by atoms with Gasteiger partial charge in [-0.1, -0.05) is 18.2 Å². The highest BCUT2D eigenvalue weighted by Crippen LogP contribution is 2.21. The summed E-state index contributed by atoms with van der Waals surface area (Å²) in [6, 6.07) is 7.31. The van der Waals surface area contributed by atoms with Crippen molar-refractivity contribution >= 4 is 27.3 Å². The van der Waals surface area contributed by atoms with E-state index in [1.165, 1.54) is 6.92 Å². The summed E-state index contributed by atoms with van der Waals surface area (Å²) >= 11 is 0. The van der Waals surface area contributed by atoms with E-state index in [0.29, 0.717) is 13.0 Å². The van der Waals surface area contributed by atoms with E-state index in [1.807, 2.05) is 38.1 Å². The largest absolute Gasteiger partial charge is 0.339 e. The second-order valence-corrected chi connectivity index (χ2v) is 8.67. The third kappa shape index (κ3) is 4.81. The van der Waals surface area contributed by atoms with Gasteiger partial charge in [0.25, 0.3) is 0 Å². The summed E-state index contributed by atoms with van der Waals surface area (Å²) in [5.41, 5.74) is 1.77. The van der Waals surface area contributed by atoms with Crippen LogP contribution in [-0.2, 0) is 19.4 Å². The highest BCUT2D eigenvalue weighted by molar-refractivity contribution is 7.91. The molecule has 25 heavy (non-hydrogen) atoms. The lowest BCUT2D eigenvalue weighted by Gasteiger charge is -2.29. The number of nitrogens with zero attached hydrogens (tertiary/aromatic N) is 2. The van der Waals surface area contributed by atoms with Crippen LogP contribution in [0.4, 0.5) is 5.69 Å². The standard InChI is InChI=1S/C18H26N2O4S/c1-4-19(16-10-12-25(23,24)13-16)18(22)9-11-20(15(3)21)17-8-6-5-7-14(17)2/h5-8,16H,4,9-13H2,1-3H3. The van der Waals surface area contributed by atoms with E-state index in [1.54, 1.807) is 9.80 Å². The number of rotatable bonds is 6. The SMILES string of the molecule is CCN(C(=O)CCN(C(C)=O)c1ccccc1C)C1CCS(=O)(=O)C1. The van der Waals surface area contributed by atoms with Crippen LogP contribution in [0.25, 0.3) is 0 Å². The van der Waals surface area contributed by atoms with Gasteiger partial charge in [-0.25, -0.2) is 8.42 Å². The molecule has 0 bridgehead atoms. The number of amides is 2. The van der Waals surface area contributed by atoms with Gasteiger partial charge in [0.2, 0.25) is 11.8 Å². The Labute approximate surface area is 149 Å². The zero-order valence-electron chi connectivity index (χ0n) is 15.1. The van der Waals surface area contributed by atoms with Crippen LogP contribution in [0.1, 0.15) is 32.3 Å². The van der Waals surface area contributed by atoms with Gasteiger partial charge >= 0.3 is 0 Å². The van der Waals surface area contributed by atoms with Gasteiger partial charge in [-0.15, -0.1) is 0 Å². The Morgan fingerprint density at radius 3 is 2.44 bits per heavy atom. The molecule has 6 nitrogen and oxygen atoms in total. The lowest BCUT2D eigenvalue weighted by atomic mass is 10.1. The Morgan fingerprint density at radius 1 is 1.24 bits per heavy atom. The maximum atomic E-state index is 12.6. The number of aryl methyl sites for hydroxylation is 1. The van der Waals surface area contributed by atoms with Crippen LogP contribution in [0.15, 0.2) is 24.3 Å². The molecule has 7 heteroatoms. The molecule has 0 N–H and O–H groups in total. The summed E-state index contributed by atoms with van der Waals surface area (Å²) in [6.07, 6.45) is 0.675. The maximum absolute atomic E-state index is 12.6. The molecular weight excluding hydrogens is 340 g/mol. The van der Waals surface area contributed by atoms with Crippen LogP contribution in [0.3, 0.4) is 0 Å². The summed E-state index contributed by atoms with van der Waals surface area (Å²) < 4.78 is 23.3. The molecule has 1 aliphatic rings. The molecule has 1 saturated heterocycles. The average molecular weight is 366 g/mol. The van der Waals surface area contributed by atoms with Gasteiger partial charge in [0.15, 0.2) is 9.84 Å². The number of para-hydroxylation sites is 1. The van der Waals surface area contributed by atoms with Crippen molar-refractivity contribution in [1.29, 1.82) is 0 Å². The molecule has 1 aromatic carbocycles. The number of anilines is 1. The van der Waals surface area contributed by atoms with E-state index in [-0.39, 0.29) is 42.3 Å². The van der Waals surface area contributed by atoms with Crippen molar-refractivity contribution < 1.29 is 18.0 Å². The van der Waals surface area contributed by atoms with Crippen LogP contribution >= 0.6 is 0 Å². The first-order chi connectivity index (χ1) is 11.7. The predicted molar refractivity (Wildman–Crippen MR) is 98.3 cm³/mol. The minimum Gasteiger partial charge on any atom is -0.339 e. The second kappa shape index (κ2) is 7.99. The van der Waals surface area contributed by atoms with Gasteiger partial charge in [0.1, 0.15) is 0 Å². The van der Waals surface area contributed by atoms with Crippen LogP contribution in [0.2, 0.25) is 0 Å².